The van der Waals surface area contributed by atoms with E-state index in [0.717, 1.165) is 0 Å². The quantitative estimate of drug-likeness (QED) is 0.694. The number of hydrogen-bond donors (Lipinski definition) is 1. The van der Waals surface area contributed by atoms with E-state index in [-0.39, 0.29) is 18.2 Å². The number of anilines is 1. The maximum Gasteiger partial charge on any atom is 0.228 e. The van der Waals surface area contributed by atoms with Gasteiger partial charge in [0, 0.05) is 24.2 Å². The third kappa shape index (κ3) is 5.24. The second-order valence-corrected chi connectivity index (χ2v) is 9.48. The van der Waals surface area contributed by atoms with Crippen molar-refractivity contribution in [3.63, 3.8) is 0 Å². The highest BCUT2D eigenvalue weighted by Crippen LogP contribution is 2.30. The monoisotopic (exact) mass is 452 g/mol. The molecule has 0 aromatic heterocycles. The summed E-state index contributed by atoms with van der Waals surface area (Å²) in [5.74, 6) is 0.205. The molecule has 0 saturated carbocycles. The molecule has 0 radical (unpaired) electrons. The van der Waals surface area contributed by atoms with Crippen LogP contribution in [0.15, 0.2) is 42.5 Å². The van der Waals surface area contributed by atoms with Gasteiger partial charge in [0.15, 0.2) is 0 Å². The van der Waals surface area contributed by atoms with Crippen LogP contribution in [0, 0.1) is 5.92 Å². The third-order valence-electron chi connectivity index (χ3n) is 5.11. The van der Waals surface area contributed by atoms with Crippen molar-refractivity contribution < 1.29 is 22.7 Å². The van der Waals surface area contributed by atoms with Crippen molar-refractivity contribution in [3.05, 3.63) is 53.1 Å². The average molecular weight is 453 g/mol. The molecule has 0 spiro atoms. The van der Waals surface area contributed by atoms with Gasteiger partial charge in [-0.2, -0.15) is 0 Å². The van der Waals surface area contributed by atoms with Crippen molar-refractivity contribution in [1.29, 1.82) is 0 Å². The molecule has 0 bridgehead atoms. The summed E-state index contributed by atoms with van der Waals surface area (Å²) < 4.78 is 37.7. The van der Waals surface area contributed by atoms with Crippen molar-refractivity contribution in [2.45, 2.75) is 18.6 Å². The topological polar surface area (TPSA) is 84.9 Å². The normalized spacial score (nSPS) is 17.4. The lowest BCUT2D eigenvalue weighted by molar-refractivity contribution is -0.120. The summed E-state index contributed by atoms with van der Waals surface area (Å²) in [5.41, 5.74) is 1.06. The van der Waals surface area contributed by atoms with E-state index in [0.29, 0.717) is 47.2 Å². The Bertz CT molecular complexity index is 1010. The second-order valence-electron chi connectivity index (χ2n) is 7.10. The van der Waals surface area contributed by atoms with Crippen LogP contribution < -0.4 is 14.8 Å². The molecule has 1 amide bonds. The Labute approximate surface area is 182 Å². The number of amides is 1. The van der Waals surface area contributed by atoms with E-state index in [2.05, 4.69) is 5.32 Å². The van der Waals surface area contributed by atoms with E-state index in [1.54, 1.807) is 49.6 Å². The standard InChI is InChI=1S/C21H25ClN2O5S/c1-28-17-9-10-19(20(12-17)29-2)23-21(25)15-7-5-11-24(13-15)30(26,27)14-16-6-3-4-8-18(16)22/h3-4,6,8-10,12,15H,5,7,11,13-14H2,1-2H3,(H,23,25)/t15-/m0/s1. The number of nitrogens with one attached hydrogen (secondary N) is 1. The van der Waals surface area contributed by atoms with Gasteiger partial charge >= 0.3 is 0 Å². The van der Waals surface area contributed by atoms with Crippen molar-refractivity contribution in [2.24, 2.45) is 5.92 Å². The lowest BCUT2D eigenvalue weighted by Gasteiger charge is -2.31. The smallest absolute Gasteiger partial charge is 0.228 e. The number of halogens is 1. The molecule has 1 aliphatic rings. The molecule has 1 fully saturated rings. The molecule has 3 rings (SSSR count). The average Bonchev–Trinajstić information content (AvgIpc) is 2.75. The molecule has 1 aliphatic heterocycles. The highest BCUT2D eigenvalue weighted by atomic mass is 35.5. The highest BCUT2D eigenvalue weighted by Gasteiger charge is 2.33. The number of carbonyl (C=O) groups is 1. The second kappa shape index (κ2) is 9.68. The van der Waals surface area contributed by atoms with E-state index >= 15 is 0 Å². The Morgan fingerprint density at radius 2 is 1.97 bits per heavy atom. The summed E-state index contributed by atoms with van der Waals surface area (Å²) in [7, 11) is -0.536. The number of sulfonamides is 1. The van der Waals surface area contributed by atoms with Gasteiger partial charge in [-0.3, -0.25) is 4.79 Å². The Morgan fingerprint density at radius 3 is 2.67 bits per heavy atom. The molecule has 2 aromatic carbocycles. The molecule has 162 valence electrons. The predicted octanol–water partition coefficient (Wildman–Crippen LogP) is 3.54. The summed E-state index contributed by atoms with van der Waals surface area (Å²) >= 11 is 6.12. The van der Waals surface area contributed by atoms with Crippen molar-refractivity contribution in [1.82, 2.24) is 4.31 Å². The molecule has 1 heterocycles. The van der Waals surface area contributed by atoms with E-state index in [1.165, 1.54) is 11.4 Å². The first-order valence-electron chi connectivity index (χ1n) is 9.58. The van der Waals surface area contributed by atoms with Crippen molar-refractivity contribution in [3.8, 4) is 11.5 Å². The lowest BCUT2D eigenvalue weighted by atomic mass is 9.98. The Balaban J connectivity index is 1.70. The first-order valence-corrected chi connectivity index (χ1v) is 11.6. The summed E-state index contributed by atoms with van der Waals surface area (Å²) in [6.07, 6.45) is 1.22. The number of ether oxygens (including phenoxy) is 2. The molecular weight excluding hydrogens is 428 g/mol. The number of rotatable bonds is 7. The SMILES string of the molecule is COc1ccc(NC(=O)[C@H]2CCCN(S(=O)(=O)Cc3ccccc3Cl)C2)c(OC)c1. The van der Waals surface area contributed by atoms with Crippen LogP contribution in [0.1, 0.15) is 18.4 Å². The highest BCUT2D eigenvalue weighted by molar-refractivity contribution is 7.88. The van der Waals surface area contributed by atoms with Gasteiger partial charge in [-0.1, -0.05) is 29.8 Å². The Hall–Kier alpha value is -2.29. The molecule has 0 unspecified atom stereocenters. The number of benzene rings is 2. The molecule has 1 saturated heterocycles. The lowest BCUT2D eigenvalue weighted by Crippen LogP contribution is -2.44. The summed E-state index contributed by atoms with van der Waals surface area (Å²) in [6.45, 7) is 0.527. The molecular formula is C21H25ClN2O5S. The molecule has 0 aliphatic carbocycles. The van der Waals surface area contributed by atoms with Crippen molar-refractivity contribution in [2.75, 3.05) is 32.6 Å². The number of hydrogen-bond acceptors (Lipinski definition) is 5. The van der Waals surface area contributed by atoms with Crippen LogP contribution in [0.25, 0.3) is 0 Å². The first-order chi connectivity index (χ1) is 14.3. The zero-order valence-corrected chi connectivity index (χ0v) is 18.5. The van der Waals surface area contributed by atoms with E-state index in [9.17, 15) is 13.2 Å². The number of nitrogens with zero attached hydrogens (tertiary/aromatic N) is 1. The van der Waals surface area contributed by atoms with Gasteiger partial charge in [0.25, 0.3) is 0 Å². The maximum absolute atomic E-state index is 12.9. The molecule has 1 atom stereocenters. The van der Waals surface area contributed by atoms with E-state index in [4.69, 9.17) is 21.1 Å². The molecule has 1 N–H and O–H groups in total. The van der Waals surface area contributed by atoms with Crippen LogP contribution in [-0.4, -0.2) is 45.9 Å². The Morgan fingerprint density at radius 1 is 1.20 bits per heavy atom. The van der Waals surface area contributed by atoms with Gasteiger partial charge in [-0.05, 0) is 36.6 Å². The minimum atomic E-state index is -3.59. The number of carbonyl (C=O) groups excluding carboxylic acids is 1. The summed E-state index contributed by atoms with van der Waals surface area (Å²) in [5, 5.41) is 3.27. The van der Waals surface area contributed by atoms with E-state index < -0.39 is 15.9 Å². The molecule has 7 nitrogen and oxygen atoms in total. The number of methoxy groups -OCH3 is 2. The fourth-order valence-electron chi connectivity index (χ4n) is 3.45. The first kappa shape index (κ1) is 22.4. The summed E-state index contributed by atoms with van der Waals surface area (Å²) in [6, 6.07) is 12.0. The van der Waals surface area contributed by atoms with Gasteiger partial charge in [0.2, 0.25) is 15.9 Å². The largest absolute Gasteiger partial charge is 0.497 e. The van der Waals surface area contributed by atoms with E-state index in [1.807, 2.05) is 0 Å². The zero-order chi connectivity index (χ0) is 21.7. The van der Waals surface area contributed by atoms with Crippen LogP contribution in [0.5, 0.6) is 11.5 Å². The Kier molecular flexibility index (Phi) is 7.23. The molecule has 30 heavy (non-hydrogen) atoms. The fourth-order valence-corrected chi connectivity index (χ4v) is 5.37. The molecule has 2 aromatic rings. The predicted molar refractivity (Wildman–Crippen MR) is 117 cm³/mol. The van der Waals surface area contributed by atoms with Crippen LogP contribution in [-0.2, 0) is 20.6 Å². The number of piperidine rings is 1. The van der Waals surface area contributed by atoms with Gasteiger partial charge in [0.05, 0.1) is 31.6 Å². The van der Waals surface area contributed by atoms with Gasteiger partial charge in [-0.15, -0.1) is 0 Å². The third-order valence-corrected chi connectivity index (χ3v) is 7.27. The van der Waals surface area contributed by atoms with Gasteiger partial charge in [-0.25, -0.2) is 12.7 Å². The summed E-state index contributed by atoms with van der Waals surface area (Å²) in [4.78, 5) is 12.8. The van der Waals surface area contributed by atoms with Crippen LogP contribution in [0.3, 0.4) is 0 Å². The molecule has 9 heteroatoms. The van der Waals surface area contributed by atoms with Gasteiger partial charge in [0.1, 0.15) is 11.5 Å². The van der Waals surface area contributed by atoms with Crippen LogP contribution >= 0.6 is 11.6 Å². The maximum atomic E-state index is 12.9. The van der Waals surface area contributed by atoms with Crippen LogP contribution in [0.2, 0.25) is 5.02 Å². The van der Waals surface area contributed by atoms with Gasteiger partial charge < -0.3 is 14.8 Å². The zero-order valence-electron chi connectivity index (χ0n) is 16.9. The van der Waals surface area contributed by atoms with Crippen molar-refractivity contribution >= 4 is 33.2 Å². The fraction of sp³-hybridized carbons (Fsp3) is 0.381. The van der Waals surface area contributed by atoms with Crippen LogP contribution in [0.4, 0.5) is 5.69 Å². The minimum absolute atomic E-state index is 0.136. The minimum Gasteiger partial charge on any atom is -0.497 e.